The molecule has 1 aliphatic carbocycles. The van der Waals surface area contributed by atoms with Gasteiger partial charge >= 0.3 is 0 Å². The molecule has 1 saturated heterocycles. The summed E-state index contributed by atoms with van der Waals surface area (Å²) in [5.74, 6) is 1.85. The Hall–Kier alpha value is -1.92. The molecule has 0 atom stereocenters. The predicted molar refractivity (Wildman–Crippen MR) is 115 cm³/mol. The highest BCUT2D eigenvalue weighted by Crippen LogP contribution is 2.26. The predicted octanol–water partition coefficient (Wildman–Crippen LogP) is 3.00. The maximum absolute atomic E-state index is 12.3. The number of aromatic nitrogens is 2. The Balaban J connectivity index is 1.34. The number of rotatable bonds is 8. The van der Waals surface area contributed by atoms with Crippen molar-refractivity contribution in [3.05, 3.63) is 30.1 Å². The van der Waals surface area contributed by atoms with Crippen molar-refractivity contribution in [2.75, 3.05) is 39.4 Å². The summed E-state index contributed by atoms with van der Waals surface area (Å²) >= 11 is 0. The molecule has 0 bridgehead atoms. The highest BCUT2D eigenvalue weighted by Gasteiger charge is 2.18. The molecule has 1 aromatic carbocycles. The first-order chi connectivity index (χ1) is 14.3. The lowest BCUT2D eigenvalue weighted by Crippen LogP contribution is -2.38. The van der Waals surface area contributed by atoms with Crippen LogP contribution in [-0.2, 0) is 22.5 Å². The Kier molecular flexibility index (Phi) is 7.17. The SMILES string of the molecule is O=C(CC1CCCCC1)NCCc1nc2ccccc2n1CCN1CCOCC1. The zero-order valence-electron chi connectivity index (χ0n) is 17.4. The Labute approximate surface area is 173 Å². The van der Waals surface area contributed by atoms with Gasteiger partial charge in [-0.2, -0.15) is 0 Å². The molecule has 29 heavy (non-hydrogen) atoms. The van der Waals surface area contributed by atoms with Crippen LogP contribution in [0.1, 0.15) is 44.3 Å². The van der Waals surface area contributed by atoms with E-state index in [4.69, 9.17) is 9.72 Å². The number of fused-ring (bicyclic) bond motifs is 1. The maximum Gasteiger partial charge on any atom is 0.220 e. The summed E-state index contributed by atoms with van der Waals surface area (Å²) in [7, 11) is 0. The number of para-hydroxylation sites is 2. The maximum atomic E-state index is 12.3. The zero-order chi connectivity index (χ0) is 19.9. The van der Waals surface area contributed by atoms with Gasteiger partial charge < -0.3 is 14.6 Å². The third kappa shape index (κ3) is 5.58. The average Bonchev–Trinajstić information content (AvgIpc) is 3.11. The first-order valence-corrected chi connectivity index (χ1v) is 11.3. The van der Waals surface area contributed by atoms with E-state index in [0.717, 1.165) is 57.2 Å². The fourth-order valence-corrected chi connectivity index (χ4v) is 4.67. The van der Waals surface area contributed by atoms with Gasteiger partial charge in [0.2, 0.25) is 5.91 Å². The molecular formula is C23H34N4O2. The smallest absolute Gasteiger partial charge is 0.220 e. The quantitative estimate of drug-likeness (QED) is 0.743. The largest absolute Gasteiger partial charge is 0.379 e. The van der Waals surface area contributed by atoms with Gasteiger partial charge in [-0.15, -0.1) is 0 Å². The molecule has 6 nitrogen and oxygen atoms in total. The lowest BCUT2D eigenvalue weighted by Gasteiger charge is -2.27. The Morgan fingerprint density at radius 3 is 2.72 bits per heavy atom. The first kappa shape index (κ1) is 20.4. The van der Waals surface area contributed by atoms with E-state index in [-0.39, 0.29) is 5.91 Å². The summed E-state index contributed by atoms with van der Waals surface area (Å²) in [6, 6.07) is 8.33. The van der Waals surface area contributed by atoms with Gasteiger partial charge in [0, 0.05) is 45.6 Å². The number of ether oxygens (including phenoxy) is 1. The number of carbonyl (C=O) groups excluding carboxylic acids is 1. The van der Waals surface area contributed by atoms with Crippen LogP contribution in [0.3, 0.4) is 0 Å². The monoisotopic (exact) mass is 398 g/mol. The fraction of sp³-hybridized carbons (Fsp3) is 0.652. The van der Waals surface area contributed by atoms with Crippen LogP contribution in [0, 0.1) is 5.92 Å². The number of hydrogen-bond donors (Lipinski definition) is 1. The molecule has 1 saturated carbocycles. The van der Waals surface area contributed by atoms with Crippen LogP contribution in [0.5, 0.6) is 0 Å². The van der Waals surface area contributed by atoms with Crippen LogP contribution in [-0.4, -0.2) is 59.8 Å². The summed E-state index contributed by atoms with van der Waals surface area (Å²) in [6.45, 7) is 6.23. The molecule has 0 spiro atoms. The third-order valence-electron chi connectivity index (χ3n) is 6.35. The minimum absolute atomic E-state index is 0.202. The molecule has 2 aromatic rings. The van der Waals surface area contributed by atoms with Crippen LogP contribution < -0.4 is 5.32 Å². The molecule has 2 heterocycles. The lowest BCUT2D eigenvalue weighted by molar-refractivity contribution is -0.122. The van der Waals surface area contributed by atoms with E-state index in [1.54, 1.807) is 0 Å². The van der Waals surface area contributed by atoms with Crippen molar-refractivity contribution >= 4 is 16.9 Å². The van der Waals surface area contributed by atoms with Crippen molar-refractivity contribution in [3.8, 4) is 0 Å². The summed E-state index contributed by atoms with van der Waals surface area (Å²) in [6.07, 6.45) is 7.78. The zero-order valence-corrected chi connectivity index (χ0v) is 17.4. The van der Waals surface area contributed by atoms with Gasteiger partial charge in [-0.3, -0.25) is 9.69 Å². The van der Waals surface area contributed by atoms with Gasteiger partial charge in [-0.25, -0.2) is 4.98 Å². The number of morpholine rings is 1. The van der Waals surface area contributed by atoms with Gasteiger partial charge in [0.05, 0.1) is 24.2 Å². The van der Waals surface area contributed by atoms with Crippen LogP contribution in [0.2, 0.25) is 0 Å². The number of carbonyl (C=O) groups is 1. The van der Waals surface area contributed by atoms with Gasteiger partial charge in [0.1, 0.15) is 5.82 Å². The van der Waals surface area contributed by atoms with E-state index in [1.165, 1.54) is 37.6 Å². The van der Waals surface area contributed by atoms with Crippen LogP contribution in [0.15, 0.2) is 24.3 Å². The minimum atomic E-state index is 0.202. The Bertz CT molecular complexity index is 791. The van der Waals surface area contributed by atoms with E-state index in [9.17, 15) is 4.79 Å². The van der Waals surface area contributed by atoms with Crippen molar-refractivity contribution in [2.24, 2.45) is 5.92 Å². The van der Waals surface area contributed by atoms with Crippen LogP contribution in [0.4, 0.5) is 0 Å². The third-order valence-corrected chi connectivity index (χ3v) is 6.35. The highest BCUT2D eigenvalue weighted by atomic mass is 16.5. The van der Waals surface area contributed by atoms with E-state index in [1.807, 2.05) is 6.07 Å². The van der Waals surface area contributed by atoms with Crippen molar-refractivity contribution in [2.45, 2.75) is 51.5 Å². The van der Waals surface area contributed by atoms with Crippen LogP contribution >= 0.6 is 0 Å². The van der Waals surface area contributed by atoms with E-state index < -0.39 is 0 Å². The molecule has 158 valence electrons. The minimum Gasteiger partial charge on any atom is -0.379 e. The van der Waals surface area contributed by atoms with E-state index >= 15 is 0 Å². The number of benzene rings is 1. The van der Waals surface area contributed by atoms with Crippen molar-refractivity contribution in [1.82, 2.24) is 19.8 Å². The van der Waals surface area contributed by atoms with E-state index in [2.05, 4.69) is 33.0 Å². The summed E-state index contributed by atoms with van der Waals surface area (Å²) in [4.78, 5) is 19.6. The van der Waals surface area contributed by atoms with Crippen molar-refractivity contribution < 1.29 is 9.53 Å². The molecule has 4 rings (SSSR count). The molecule has 1 amide bonds. The molecule has 2 fully saturated rings. The van der Waals surface area contributed by atoms with Crippen molar-refractivity contribution in [3.63, 3.8) is 0 Å². The van der Waals surface area contributed by atoms with Crippen LogP contribution in [0.25, 0.3) is 11.0 Å². The van der Waals surface area contributed by atoms with Gasteiger partial charge in [0.15, 0.2) is 0 Å². The number of hydrogen-bond acceptors (Lipinski definition) is 4. The van der Waals surface area contributed by atoms with Crippen molar-refractivity contribution in [1.29, 1.82) is 0 Å². The average molecular weight is 399 g/mol. The summed E-state index contributed by atoms with van der Waals surface area (Å²) in [5.41, 5.74) is 2.22. The molecule has 1 aliphatic heterocycles. The molecule has 2 aliphatic rings. The molecule has 1 N–H and O–H groups in total. The van der Waals surface area contributed by atoms with Gasteiger partial charge in [0.25, 0.3) is 0 Å². The molecular weight excluding hydrogens is 364 g/mol. The van der Waals surface area contributed by atoms with Gasteiger partial charge in [-0.1, -0.05) is 31.4 Å². The Morgan fingerprint density at radius 2 is 1.90 bits per heavy atom. The molecule has 0 radical (unpaired) electrons. The summed E-state index contributed by atoms with van der Waals surface area (Å²) in [5, 5.41) is 3.14. The normalized spacial score (nSPS) is 18.9. The highest BCUT2D eigenvalue weighted by molar-refractivity contribution is 5.77. The number of nitrogens with zero attached hydrogens (tertiary/aromatic N) is 3. The summed E-state index contributed by atoms with van der Waals surface area (Å²) < 4.78 is 7.79. The Morgan fingerprint density at radius 1 is 1.10 bits per heavy atom. The second-order valence-electron chi connectivity index (χ2n) is 8.43. The fourth-order valence-electron chi connectivity index (χ4n) is 4.67. The second-order valence-corrected chi connectivity index (χ2v) is 8.43. The topological polar surface area (TPSA) is 59.4 Å². The number of nitrogens with one attached hydrogen (secondary N) is 1. The lowest BCUT2D eigenvalue weighted by atomic mass is 9.87. The number of imidazole rings is 1. The molecule has 0 unspecified atom stereocenters. The number of amides is 1. The standard InChI is InChI=1S/C23H34N4O2/c28-23(18-19-6-2-1-3-7-19)24-11-10-22-25-20-8-4-5-9-21(20)27(22)13-12-26-14-16-29-17-15-26/h4-5,8-9,19H,1-3,6-7,10-18H2,(H,24,28). The van der Waals surface area contributed by atoms with Gasteiger partial charge in [-0.05, 0) is 30.9 Å². The van der Waals surface area contributed by atoms with E-state index in [0.29, 0.717) is 18.9 Å². The molecule has 6 heteroatoms. The second kappa shape index (κ2) is 10.2. The first-order valence-electron chi connectivity index (χ1n) is 11.3. The molecule has 1 aromatic heterocycles.